The Morgan fingerprint density at radius 2 is 2.09 bits per heavy atom. The molecule has 10 nitrogen and oxygen atoms in total. The number of cyclic esters (lactones) is 1. The van der Waals surface area contributed by atoms with Gasteiger partial charge in [0.1, 0.15) is 17.8 Å². The summed E-state index contributed by atoms with van der Waals surface area (Å²) in [6.07, 6.45) is 0.523. The van der Waals surface area contributed by atoms with Gasteiger partial charge in [-0.25, -0.2) is 0 Å². The molecule has 1 fully saturated rings. The molecule has 1 aliphatic rings. The average molecular weight is 463 g/mol. The van der Waals surface area contributed by atoms with Crippen LogP contribution < -0.4 is 21.9 Å². The molecule has 2 heterocycles. The molecule has 32 heavy (non-hydrogen) atoms. The van der Waals surface area contributed by atoms with E-state index in [9.17, 15) is 19.2 Å². The summed E-state index contributed by atoms with van der Waals surface area (Å²) < 4.78 is 11.5. The topological polar surface area (TPSA) is 142 Å². The Kier molecular flexibility index (Phi) is 7.16. The minimum absolute atomic E-state index is 0.0170. The molecule has 3 atom stereocenters. The lowest BCUT2D eigenvalue weighted by molar-refractivity contribution is -0.164. The van der Waals surface area contributed by atoms with Crippen molar-refractivity contribution in [2.75, 3.05) is 17.7 Å². The number of esters is 1. The molecular formula is C21H23ClN4O6. The van der Waals surface area contributed by atoms with Crippen LogP contribution >= 0.6 is 11.6 Å². The van der Waals surface area contributed by atoms with Crippen LogP contribution in [-0.2, 0) is 19.1 Å². The summed E-state index contributed by atoms with van der Waals surface area (Å²) in [5, 5.41) is 5.42. The van der Waals surface area contributed by atoms with Crippen molar-refractivity contribution < 1.29 is 23.9 Å². The highest BCUT2D eigenvalue weighted by atomic mass is 35.5. The molecule has 2 amide bonds. The van der Waals surface area contributed by atoms with Gasteiger partial charge in [0.15, 0.2) is 0 Å². The SMILES string of the molecule is CCO[C@H]1OC(=O)C[C@@H]1NC(=O)[C@H](C)n1cccc(NC(=O)c2ccc(N)c(Cl)c2)c1=O. The van der Waals surface area contributed by atoms with E-state index >= 15 is 0 Å². The number of rotatable bonds is 7. The predicted molar refractivity (Wildman–Crippen MR) is 117 cm³/mol. The third-order valence-corrected chi connectivity index (χ3v) is 5.23. The molecule has 0 unspecified atom stereocenters. The molecule has 4 N–H and O–H groups in total. The van der Waals surface area contributed by atoms with Gasteiger partial charge in [-0.1, -0.05) is 11.6 Å². The van der Waals surface area contributed by atoms with E-state index in [1.54, 1.807) is 6.92 Å². The van der Waals surface area contributed by atoms with E-state index in [1.165, 1.54) is 48.0 Å². The van der Waals surface area contributed by atoms with Crippen molar-refractivity contribution in [3.63, 3.8) is 0 Å². The smallest absolute Gasteiger partial charge is 0.310 e. The van der Waals surface area contributed by atoms with Crippen molar-refractivity contribution >= 4 is 40.8 Å². The highest BCUT2D eigenvalue weighted by Gasteiger charge is 2.37. The zero-order chi connectivity index (χ0) is 23.4. The van der Waals surface area contributed by atoms with Gasteiger partial charge in [-0.05, 0) is 44.2 Å². The quantitative estimate of drug-likeness (QED) is 0.419. The van der Waals surface area contributed by atoms with Crippen molar-refractivity contribution in [3.8, 4) is 0 Å². The van der Waals surface area contributed by atoms with Crippen LogP contribution in [0.15, 0.2) is 41.3 Å². The number of halogens is 1. The summed E-state index contributed by atoms with van der Waals surface area (Å²) in [7, 11) is 0. The molecule has 0 aliphatic carbocycles. The minimum atomic E-state index is -0.928. The second kappa shape index (κ2) is 9.84. The number of hydrogen-bond acceptors (Lipinski definition) is 7. The van der Waals surface area contributed by atoms with E-state index in [0.717, 1.165) is 0 Å². The lowest BCUT2D eigenvalue weighted by Gasteiger charge is -2.21. The zero-order valence-electron chi connectivity index (χ0n) is 17.5. The first-order chi connectivity index (χ1) is 15.2. The first-order valence-corrected chi connectivity index (χ1v) is 10.3. The molecule has 1 aromatic carbocycles. The van der Waals surface area contributed by atoms with Gasteiger partial charge in [0, 0.05) is 18.4 Å². The first kappa shape index (κ1) is 23.3. The van der Waals surface area contributed by atoms with E-state index in [4.69, 9.17) is 26.8 Å². The number of anilines is 2. The number of carbonyl (C=O) groups is 3. The third-order valence-electron chi connectivity index (χ3n) is 4.90. The Bertz CT molecular complexity index is 1100. The molecular weight excluding hydrogens is 440 g/mol. The number of amides is 2. The molecule has 1 aromatic heterocycles. The number of ether oxygens (including phenoxy) is 2. The lowest BCUT2D eigenvalue weighted by atomic mass is 10.2. The number of aromatic nitrogens is 1. The van der Waals surface area contributed by atoms with E-state index in [1.807, 2.05) is 0 Å². The normalized spacial score (nSPS) is 18.7. The first-order valence-electron chi connectivity index (χ1n) is 9.90. The van der Waals surface area contributed by atoms with Gasteiger partial charge in [-0.15, -0.1) is 0 Å². The Morgan fingerprint density at radius 1 is 1.34 bits per heavy atom. The van der Waals surface area contributed by atoms with Gasteiger partial charge >= 0.3 is 5.97 Å². The highest BCUT2D eigenvalue weighted by Crippen LogP contribution is 2.20. The molecule has 170 valence electrons. The Hall–Kier alpha value is -3.37. The van der Waals surface area contributed by atoms with Crippen LogP contribution in [0.25, 0.3) is 0 Å². The van der Waals surface area contributed by atoms with Crippen molar-refractivity contribution in [1.29, 1.82) is 0 Å². The third kappa shape index (κ3) is 5.09. The maximum Gasteiger partial charge on any atom is 0.310 e. The molecule has 1 saturated heterocycles. The van der Waals surface area contributed by atoms with Gasteiger partial charge in [-0.3, -0.25) is 19.2 Å². The fourth-order valence-corrected chi connectivity index (χ4v) is 3.35. The van der Waals surface area contributed by atoms with E-state index < -0.39 is 41.7 Å². The van der Waals surface area contributed by atoms with Crippen LogP contribution in [0.3, 0.4) is 0 Å². The zero-order valence-corrected chi connectivity index (χ0v) is 18.2. The molecule has 11 heteroatoms. The summed E-state index contributed by atoms with van der Waals surface area (Å²) in [5.41, 5.74) is 5.60. The van der Waals surface area contributed by atoms with Crippen molar-refractivity contribution in [1.82, 2.24) is 9.88 Å². The number of benzene rings is 1. The number of hydrogen-bond donors (Lipinski definition) is 3. The maximum atomic E-state index is 12.9. The van der Waals surface area contributed by atoms with Crippen LogP contribution in [-0.4, -0.2) is 41.3 Å². The minimum Gasteiger partial charge on any atom is -0.433 e. The molecule has 1 aliphatic heterocycles. The predicted octanol–water partition coefficient (Wildman–Crippen LogP) is 1.69. The van der Waals surface area contributed by atoms with E-state index in [2.05, 4.69) is 10.6 Å². The van der Waals surface area contributed by atoms with E-state index in [0.29, 0.717) is 12.3 Å². The van der Waals surface area contributed by atoms with Gasteiger partial charge < -0.3 is 30.4 Å². The second-order valence-corrected chi connectivity index (χ2v) is 7.54. The van der Waals surface area contributed by atoms with Crippen molar-refractivity contribution in [2.45, 2.75) is 38.6 Å². The van der Waals surface area contributed by atoms with E-state index in [-0.39, 0.29) is 22.7 Å². The van der Waals surface area contributed by atoms with Crippen LogP contribution in [0.4, 0.5) is 11.4 Å². The Morgan fingerprint density at radius 3 is 2.78 bits per heavy atom. The number of nitrogens with zero attached hydrogens (tertiary/aromatic N) is 1. The average Bonchev–Trinajstić information content (AvgIpc) is 3.09. The molecule has 0 spiro atoms. The van der Waals surface area contributed by atoms with Gasteiger partial charge in [-0.2, -0.15) is 0 Å². The standard InChI is InChI=1S/C21H23ClN4O6/c1-3-31-21-16(10-17(27)32-21)25-18(28)11(2)26-8-4-5-15(20(26)30)24-19(29)12-6-7-14(23)13(22)9-12/h4-9,11,16,21H,3,10,23H2,1-2H3,(H,24,29)(H,25,28)/t11-,16-,21-/m0/s1. The monoisotopic (exact) mass is 462 g/mol. The lowest BCUT2D eigenvalue weighted by Crippen LogP contribution is -2.45. The van der Waals surface area contributed by atoms with Crippen LogP contribution in [0.5, 0.6) is 0 Å². The fraction of sp³-hybridized carbons (Fsp3) is 0.333. The number of nitrogens with one attached hydrogen (secondary N) is 2. The number of pyridine rings is 1. The van der Waals surface area contributed by atoms with Gasteiger partial charge in [0.2, 0.25) is 12.2 Å². The summed E-state index contributed by atoms with van der Waals surface area (Å²) >= 11 is 5.95. The summed E-state index contributed by atoms with van der Waals surface area (Å²) in [5.74, 6) is -1.54. The Balaban J connectivity index is 1.74. The molecule has 0 saturated carbocycles. The molecule has 0 radical (unpaired) electrons. The summed E-state index contributed by atoms with van der Waals surface area (Å²) in [4.78, 5) is 49.7. The molecule has 2 aromatic rings. The largest absolute Gasteiger partial charge is 0.433 e. The Labute approximate surface area is 188 Å². The van der Waals surface area contributed by atoms with Crippen LogP contribution in [0, 0.1) is 0 Å². The summed E-state index contributed by atoms with van der Waals surface area (Å²) in [6, 6.07) is 5.73. The molecule has 0 bridgehead atoms. The van der Waals surface area contributed by atoms with Crippen LogP contribution in [0.2, 0.25) is 5.02 Å². The van der Waals surface area contributed by atoms with Gasteiger partial charge in [0.25, 0.3) is 11.5 Å². The second-order valence-electron chi connectivity index (χ2n) is 7.13. The van der Waals surface area contributed by atoms with Gasteiger partial charge in [0.05, 0.1) is 17.1 Å². The molecule has 3 rings (SSSR count). The van der Waals surface area contributed by atoms with Crippen LogP contribution in [0.1, 0.15) is 36.7 Å². The van der Waals surface area contributed by atoms with Crippen molar-refractivity contribution in [2.24, 2.45) is 0 Å². The fourth-order valence-electron chi connectivity index (χ4n) is 3.17. The maximum absolute atomic E-state index is 12.9. The number of nitrogen functional groups attached to an aromatic ring is 1. The number of carbonyl (C=O) groups excluding carboxylic acids is 3. The number of nitrogens with two attached hydrogens (primary N) is 1. The highest BCUT2D eigenvalue weighted by molar-refractivity contribution is 6.33. The van der Waals surface area contributed by atoms with Crippen molar-refractivity contribution in [3.05, 3.63) is 57.5 Å². The summed E-state index contributed by atoms with van der Waals surface area (Å²) in [6.45, 7) is 3.57.